The molecule has 0 bridgehead atoms. The van der Waals surface area contributed by atoms with Gasteiger partial charge < -0.3 is 9.73 Å². The van der Waals surface area contributed by atoms with Crippen molar-refractivity contribution < 1.29 is 12.8 Å². The van der Waals surface area contributed by atoms with Crippen LogP contribution in [-0.2, 0) is 23.0 Å². The lowest BCUT2D eigenvalue weighted by Crippen LogP contribution is -2.35. The van der Waals surface area contributed by atoms with Gasteiger partial charge in [-0.05, 0) is 48.2 Å². The molecule has 0 saturated carbocycles. The lowest BCUT2D eigenvalue weighted by Gasteiger charge is -2.28. The SMILES string of the molecule is CCCCNc1oc(-c2ccc(S(=O)(=O)N3CCc4ccccc4C3)cc2)nc1C#N. The molecule has 3 aromatic rings. The number of unbranched alkanes of at least 4 members (excludes halogenated alkanes) is 1. The average Bonchev–Trinajstić information content (AvgIpc) is 3.22. The van der Waals surface area contributed by atoms with Crippen LogP contribution in [0.25, 0.3) is 11.5 Å². The summed E-state index contributed by atoms with van der Waals surface area (Å²) in [6.07, 6.45) is 2.68. The number of nitrogens with one attached hydrogen (secondary N) is 1. The lowest BCUT2D eigenvalue weighted by atomic mass is 10.0. The molecule has 2 heterocycles. The molecule has 0 saturated heterocycles. The summed E-state index contributed by atoms with van der Waals surface area (Å²) >= 11 is 0. The first-order valence-corrected chi connectivity index (χ1v) is 11.8. The van der Waals surface area contributed by atoms with E-state index in [4.69, 9.17) is 4.42 Å². The topological polar surface area (TPSA) is 99.2 Å². The third-order valence-electron chi connectivity index (χ3n) is 5.38. The first-order chi connectivity index (χ1) is 15.0. The predicted octanol–water partition coefficient (Wildman–Crippen LogP) is 4.17. The summed E-state index contributed by atoms with van der Waals surface area (Å²) in [6.45, 7) is 3.60. The molecule has 0 fully saturated rings. The van der Waals surface area contributed by atoms with Crippen molar-refractivity contribution in [2.45, 2.75) is 37.6 Å². The molecule has 0 unspecified atom stereocenters. The summed E-state index contributed by atoms with van der Waals surface area (Å²) in [7, 11) is -3.61. The van der Waals surface area contributed by atoms with Gasteiger partial charge in [0, 0.05) is 25.2 Å². The maximum absolute atomic E-state index is 13.1. The molecular formula is C23H24N4O3S. The Kier molecular flexibility index (Phi) is 6.07. The fourth-order valence-electron chi connectivity index (χ4n) is 3.61. The molecule has 8 heteroatoms. The molecule has 1 N–H and O–H groups in total. The molecule has 0 aliphatic carbocycles. The fourth-order valence-corrected chi connectivity index (χ4v) is 5.03. The lowest BCUT2D eigenvalue weighted by molar-refractivity contribution is 0.391. The Hall–Kier alpha value is -3.15. The van der Waals surface area contributed by atoms with E-state index in [1.165, 1.54) is 9.87 Å². The van der Waals surface area contributed by atoms with Crippen LogP contribution in [0, 0.1) is 11.3 Å². The van der Waals surface area contributed by atoms with E-state index in [2.05, 4.69) is 17.2 Å². The molecule has 0 spiro atoms. The van der Waals surface area contributed by atoms with E-state index in [1.807, 2.05) is 30.3 Å². The second-order valence-corrected chi connectivity index (χ2v) is 9.41. The van der Waals surface area contributed by atoms with Crippen LogP contribution >= 0.6 is 0 Å². The monoisotopic (exact) mass is 436 g/mol. The van der Waals surface area contributed by atoms with Crippen molar-refractivity contribution in [3.63, 3.8) is 0 Å². The Morgan fingerprint density at radius 1 is 1.16 bits per heavy atom. The highest BCUT2D eigenvalue weighted by molar-refractivity contribution is 7.89. The van der Waals surface area contributed by atoms with E-state index < -0.39 is 10.0 Å². The third kappa shape index (κ3) is 4.33. The normalized spacial score (nSPS) is 14.1. The van der Waals surface area contributed by atoms with Crippen molar-refractivity contribution in [2.24, 2.45) is 0 Å². The number of hydrogen-bond acceptors (Lipinski definition) is 6. The summed E-state index contributed by atoms with van der Waals surface area (Å²) in [4.78, 5) is 4.46. The molecule has 0 radical (unpaired) electrons. The van der Waals surface area contributed by atoms with Gasteiger partial charge in [-0.3, -0.25) is 0 Å². The molecule has 1 aliphatic heterocycles. The van der Waals surface area contributed by atoms with Crippen molar-refractivity contribution >= 4 is 15.9 Å². The van der Waals surface area contributed by atoms with Crippen molar-refractivity contribution in [1.82, 2.24) is 9.29 Å². The quantitative estimate of drug-likeness (QED) is 0.558. The molecule has 0 atom stereocenters. The molecule has 1 aromatic heterocycles. The van der Waals surface area contributed by atoms with Crippen LogP contribution in [0.1, 0.15) is 36.6 Å². The molecule has 7 nitrogen and oxygen atoms in total. The molecule has 31 heavy (non-hydrogen) atoms. The van der Waals surface area contributed by atoms with Gasteiger partial charge in [0.2, 0.25) is 27.5 Å². The summed E-state index contributed by atoms with van der Waals surface area (Å²) in [5.74, 6) is 0.626. The van der Waals surface area contributed by atoms with Gasteiger partial charge in [-0.2, -0.15) is 14.6 Å². The highest BCUT2D eigenvalue weighted by Crippen LogP contribution is 2.29. The number of rotatable bonds is 7. The molecule has 0 amide bonds. The molecule has 160 valence electrons. The van der Waals surface area contributed by atoms with Crippen LogP contribution in [0.15, 0.2) is 57.8 Å². The number of hydrogen-bond donors (Lipinski definition) is 1. The number of anilines is 1. The van der Waals surface area contributed by atoms with Crippen LogP contribution in [0.5, 0.6) is 0 Å². The maximum atomic E-state index is 13.1. The summed E-state index contributed by atoms with van der Waals surface area (Å²) < 4.78 is 33.5. The second-order valence-electron chi connectivity index (χ2n) is 7.47. The predicted molar refractivity (Wildman–Crippen MR) is 118 cm³/mol. The van der Waals surface area contributed by atoms with Crippen LogP contribution in [0.3, 0.4) is 0 Å². The Bertz CT molecular complexity index is 1210. The van der Waals surface area contributed by atoms with E-state index >= 15 is 0 Å². The van der Waals surface area contributed by atoms with Gasteiger partial charge in [0.05, 0.1) is 4.90 Å². The summed E-state index contributed by atoms with van der Waals surface area (Å²) in [5.41, 5.74) is 3.04. The minimum absolute atomic E-state index is 0.190. The maximum Gasteiger partial charge on any atom is 0.243 e. The van der Waals surface area contributed by atoms with E-state index in [1.54, 1.807) is 24.3 Å². The number of fused-ring (bicyclic) bond motifs is 1. The first-order valence-electron chi connectivity index (χ1n) is 10.3. The third-order valence-corrected chi connectivity index (χ3v) is 7.24. The zero-order chi connectivity index (χ0) is 21.8. The zero-order valence-electron chi connectivity index (χ0n) is 17.3. The smallest absolute Gasteiger partial charge is 0.243 e. The van der Waals surface area contributed by atoms with Crippen LogP contribution < -0.4 is 5.32 Å². The summed E-state index contributed by atoms with van der Waals surface area (Å²) in [5, 5.41) is 12.4. The van der Waals surface area contributed by atoms with Crippen LogP contribution in [-0.4, -0.2) is 30.8 Å². The van der Waals surface area contributed by atoms with E-state index in [0.29, 0.717) is 37.5 Å². The molecular weight excluding hydrogens is 412 g/mol. The highest BCUT2D eigenvalue weighted by Gasteiger charge is 2.28. The van der Waals surface area contributed by atoms with Gasteiger partial charge in [0.25, 0.3) is 0 Å². The fraction of sp³-hybridized carbons (Fsp3) is 0.304. The second kappa shape index (κ2) is 8.92. The van der Waals surface area contributed by atoms with Gasteiger partial charge in [0.1, 0.15) is 6.07 Å². The standard InChI is InChI=1S/C23H24N4O3S/c1-2-3-13-25-23-21(15-24)26-22(30-23)18-8-10-20(11-9-18)31(28,29)27-14-12-17-6-4-5-7-19(17)16-27/h4-11,25H,2-3,12-14,16H2,1H3. The molecule has 4 rings (SSSR count). The summed E-state index contributed by atoms with van der Waals surface area (Å²) in [6, 6.07) is 16.4. The van der Waals surface area contributed by atoms with Gasteiger partial charge in [-0.15, -0.1) is 0 Å². The van der Waals surface area contributed by atoms with Crippen LogP contribution in [0.4, 0.5) is 5.88 Å². The van der Waals surface area contributed by atoms with Gasteiger partial charge in [-0.25, -0.2) is 8.42 Å². The Morgan fingerprint density at radius 2 is 1.90 bits per heavy atom. The van der Waals surface area contributed by atoms with Crippen molar-refractivity contribution in [3.8, 4) is 17.5 Å². The zero-order valence-corrected chi connectivity index (χ0v) is 18.2. The number of nitriles is 1. The van der Waals surface area contributed by atoms with E-state index in [-0.39, 0.29) is 16.5 Å². The van der Waals surface area contributed by atoms with E-state index in [9.17, 15) is 13.7 Å². The number of aromatic nitrogens is 1. The van der Waals surface area contributed by atoms with Gasteiger partial charge in [-0.1, -0.05) is 37.6 Å². The van der Waals surface area contributed by atoms with Crippen LogP contribution in [0.2, 0.25) is 0 Å². The Morgan fingerprint density at radius 3 is 2.61 bits per heavy atom. The molecule has 2 aromatic carbocycles. The Balaban J connectivity index is 1.54. The number of benzene rings is 2. The number of sulfonamides is 1. The first kappa shape index (κ1) is 21.1. The minimum atomic E-state index is -3.61. The average molecular weight is 437 g/mol. The van der Waals surface area contributed by atoms with Crippen molar-refractivity contribution in [1.29, 1.82) is 5.26 Å². The van der Waals surface area contributed by atoms with Crippen molar-refractivity contribution in [3.05, 3.63) is 65.4 Å². The molecule has 1 aliphatic rings. The Labute approximate surface area is 182 Å². The number of nitrogens with zero attached hydrogens (tertiary/aromatic N) is 3. The largest absolute Gasteiger partial charge is 0.419 e. The minimum Gasteiger partial charge on any atom is -0.419 e. The number of oxazole rings is 1. The van der Waals surface area contributed by atoms with E-state index in [0.717, 1.165) is 18.4 Å². The van der Waals surface area contributed by atoms with Crippen molar-refractivity contribution in [2.75, 3.05) is 18.4 Å². The van der Waals surface area contributed by atoms with Gasteiger partial charge >= 0.3 is 0 Å². The highest BCUT2D eigenvalue weighted by atomic mass is 32.2. The van der Waals surface area contributed by atoms with Gasteiger partial charge in [0.15, 0.2) is 0 Å².